The fourth-order valence-electron chi connectivity index (χ4n) is 3.74. The van der Waals surface area contributed by atoms with Gasteiger partial charge in [-0.3, -0.25) is 4.90 Å². The van der Waals surface area contributed by atoms with E-state index in [4.69, 9.17) is 16.0 Å². The van der Waals surface area contributed by atoms with Gasteiger partial charge in [-0.25, -0.2) is 13.2 Å². The molecule has 0 aliphatic carbocycles. The second-order valence-corrected chi connectivity index (χ2v) is 10.0. The predicted octanol–water partition coefficient (Wildman–Crippen LogP) is 3.57. The number of piperazine rings is 1. The van der Waals surface area contributed by atoms with E-state index in [9.17, 15) is 13.2 Å². The van der Waals surface area contributed by atoms with Gasteiger partial charge in [0.1, 0.15) is 5.58 Å². The van der Waals surface area contributed by atoms with E-state index < -0.39 is 10.0 Å². The van der Waals surface area contributed by atoms with Gasteiger partial charge in [0.25, 0.3) is 0 Å². The summed E-state index contributed by atoms with van der Waals surface area (Å²) in [5.74, 6) is 0. The van der Waals surface area contributed by atoms with Crippen LogP contribution in [0.3, 0.4) is 0 Å². The highest BCUT2D eigenvalue weighted by Crippen LogP contribution is 2.24. The first-order valence-corrected chi connectivity index (χ1v) is 11.6. The van der Waals surface area contributed by atoms with E-state index in [1.807, 2.05) is 26.0 Å². The van der Waals surface area contributed by atoms with Gasteiger partial charge in [-0.1, -0.05) is 11.6 Å². The van der Waals surface area contributed by atoms with Crippen LogP contribution in [-0.4, -0.2) is 43.8 Å². The van der Waals surface area contributed by atoms with Crippen LogP contribution in [0.4, 0.5) is 0 Å². The number of aryl methyl sites for hydroxylation is 2. The molecule has 1 aliphatic heterocycles. The van der Waals surface area contributed by atoms with Crippen molar-refractivity contribution >= 4 is 32.6 Å². The van der Waals surface area contributed by atoms with Crippen molar-refractivity contribution in [2.24, 2.45) is 0 Å². The van der Waals surface area contributed by atoms with Gasteiger partial charge >= 0.3 is 5.63 Å². The predicted molar refractivity (Wildman–Crippen MR) is 117 cm³/mol. The maximum Gasteiger partial charge on any atom is 0.336 e. The van der Waals surface area contributed by atoms with Gasteiger partial charge in [0, 0.05) is 49.2 Å². The molecule has 0 N–H and O–H groups in total. The molecule has 0 saturated carbocycles. The summed E-state index contributed by atoms with van der Waals surface area (Å²) in [5.41, 5.74) is 3.33. The lowest BCUT2D eigenvalue weighted by molar-refractivity contribution is 0.182. The van der Waals surface area contributed by atoms with Crippen LogP contribution in [0.25, 0.3) is 11.0 Å². The van der Waals surface area contributed by atoms with Crippen molar-refractivity contribution in [1.29, 1.82) is 0 Å². The van der Waals surface area contributed by atoms with Crippen LogP contribution in [0, 0.1) is 13.8 Å². The van der Waals surface area contributed by atoms with Gasteiger partial charge in [0.05, 0.1) is 4.90 Å². The minimum atomic E-state index is -3.54. The molecule has 0 radical (unpaired) electrons. The Morgan fingerprint density at radius 3 is 2.27 bits per heavy atom. The standard InChI is InChI=1S/C22H23ClN2O4S/c1-15-11-20-17(13-22(26)29-21(20)12-16(15)2)14-24-7-9-25(10-8-24)30(27,28)19-5-3-18(23)4-6-19/h3-6,11-13H,7-10,14H2,1-2H3. The molecular formula is C22H23ClN2O4S. The molecule has 0 unspecified atom stereocenters. The van der Waals surface area contributed by atoms with Gasteiger partial charge in [0.2, 0.25) is 10.0 Å². The number of nitrogens with zero attached hydrogens (tertiary/aromatic N) is 2. The molecule has 1 aliphatic rings. The molecule has 0 atom stereocenters. The van der Waals surface area contributed by atoms with E-state index in [0.717, 1.165) is 22.1 Å². The van der Waals surface area contributed by atoms with Crippen molar-refractivity contribution in [3.8, 4) is 0 Å². The molecule has 8 heteroatoms. The summed E-state index contributed by atoms with van der Waals surface area (Å²) in [6.07, 6.45) is 0. The Kier molecular flexibility index (Phi) is 5.72. The number of sulfonamides is 1. The van der Waals surface area contributed by atoms with Crippen molar-refractivity contribution in [1.82, 2.24) is 9.21 Å². The Balaban J connectivity index is 1.51. The van der Waals surface area contributed by atoms with Crippen LogP contribution < -0.4 is 5.63 Å². The maximum absolute atomic E-state index is 12.9. The number of fused-ring (bicyclic) bond motifs is 1. The van der Waals surface area contributed by atoms with E-state index in [-0.39, 0.29) is 10.5 Å². The lowest BCUT2D eigenvalue weighted by Gasteiger charge is -2.34. The third kappa shape index (κ3) is 4.16. The molecule has 2 aromatic carbocycles. The van der Waals surface area contributed by atoms with Gasteiger partial charge in [0.15, 0.2) is 0 Å². The summed E-state index contributed by atoms with van der Waals surface area (Å²) in [6, 6.07) is 11.7. The van der Waals surface area contributed by atoms with Gasteiger partial charge in [-0.15, -0.1) is 0 Å². The zero-order valence-electron chi connectivity index (χ0n) is 16.9. The largest absolute Gasteiger partial charge is 0.423 e. The molecule has 1 aromatic heterocycles. The highest BCUT2D eigenvalue weighted by Gasteiger charge is 2.28. The summed E-state index contributed by atoms with van der Waals surface area (Å²) in [6.45, 7) is 6.54. The monoisotopic (exact) mass is 446 g/mol. The van der Waals surface area contributed by atoms with Crippen LogP contribution in [0.2, 0.25) is 5.02 Å². The SMILES string of the molecule is Cc1cc2oc(=O)cc(CN3CCN(S(=O)(=O)c4ccc(Cl)cc4)CC3)c2cc1C. The van der Waals surface area contributed by atoms with E-state index in [1.165, 1.54) is 22.5 Å². The van der Waals surface area contributed by atoms with Crippen molar-refractivity contribution in [3.05, 3.63) is 74.6 Å². The Bertz CT molecular complexity index is 1240. The molecule has 2 heterocycles. The number of benzene rings is 2. The van der Waals surface area contributed by atoms with Gasteiger partial charge < -0.3 is 4.42 Å². The van der Waals surface area contributed by atoms with Crippen LogP contribution in [0.1, 0.15) is 16.7 Å². The average molecular weight is 447 g/mol. The smallest absolute Gasteiger partial charge is 0.336 e. The highest BCUT2D eigenvalue weighted by molar-refractivity contribution is 7.89. The van der Waals surface area contributed by atoms with E-state index in [1.54, 1.807) is 12.1 Å². The molecular weight excluding hydrogens is 424 g/mol. The van der Waals surface area contributed by atoms with Crippen LogP contribution in [0.5, 0.6) is 0 Å². The summed E-state index contributed by atoms with van der Waals surface area (Å²) in [7, 11) is -3.54. The second kappa shape index (κ2) is 8.15. The minimum absolute atomic E-state index is 0.248. The van der Waals surface area contributed by atoms with Gasteiger partial charge in [-0.2, -0.15) is 4.31 Å². The molecule has 1 saturated heterocycles. The van der Waals surface area contributed by atoms with Crippen molar-refractivity contribution in [2.45, 2.75) is 25.3 Å². The van der Waals surface area contributed by atoms with Crippen LogP contribution in [-0.2, 0) is 16.6 Å². The lowest BCUT2D eigenvalue weighted by atomic mass is 10.0. The van der Waals surface area contributed by atoms with Crippen molar-refractivity contribution in [2.75, 3.05) is 26.2 Å². The third-order valence-electron chi connectivity index (χ3n) is 5.62. The molecule has 4 rings (SSSR count). The third-order valence-corrected chi connectivity index (χ3v) is 7.79. The van der Waals surface area contributed by atoms with E-state index in [2.05, 4.69) is 4.90 Å². The molecule has 1 fully saturated rings. The quantitative estimate of drug-likeness (QED) is 0.573. The highest BCUT2D eigenvalue weighted by atomic mass is 35.5. The van der Waals surface area contributed by atoms with E-state index in [0.29, 0.717) is 43.3 Å². The second-order valence-electron chi connectivity index (χ2n) is 7.66. The Hall–Kier alpha value is -2.19. The summed E-state index contributed by atoms with van der Waals surface area (Å²) in [5, 5.41) is 1.43. The fourth-order valence-corrected chi connectivity index (χ4v) is 5.29. The Labute approximate surface area is 180 Å². The molecule has 3 aromatic rings. The number of hydrogen-bond acceptors (Lipinski definition) is 5. The van der Waals surface area contributed by atoms with Crippen molar-refractivity contribution in [3.63, 3.8) is 0 Å². The molecule has 30 heavy (non-hydrogen) atoms. The Morgan fingerprint density at radius 2 is 1.60 bits per heavy atom. The molecule has 0 spiro atoms. The lowest BCUT2D eigenvalue weighted by Crippen LogP contribution is -2.48. The minimum Gasteiger partial charge on any atom is -0.423 e. The van der Waals surface area contributed by atoms with Gasteiger partial charge in [-0.05, 0) is 66.9 Å². The average Bonchev–Trinajstić information content (AvgIpc) is 2.70. The maximum atomic E-state index is 12.9. The first kappa shape index (κ1) is 21.1. The first-order chi connectivity index (χ1) is 14.2. The normalized spacial score (nSPS) is 16.2. The topological polar surface area (TPSA) is 70.8 Å². The zero-order valence-corrected chi connectivity index (χ0v) is 18.5. The Morgan fingerprint density at radius 1 is 0.967 bits per heavy atom. The number of halogens is 1. The number of rotatable bonds is 4. The van der Waals surface area contributed by atoms with Crippen molar-refractivity contribution < 1.29 is 12.8 Å². The molecule has 158 valence electrons. The summed E-state index contributed by atoms with van der Waals surface area (Å²) < 4.78 is 32.6. The van der Waals surface area contributed by atoms with E-state index >= 15 is 0 Å². The summed E-state index contributed by atoms with van der Waals surface area (Å²) in [4.78, 5) is 14.4. The molecule has 0 bridgehead atoms. The number of hydrogen-bond donors (Lipinski definition) is 0. The summed E-state index contributed by atoms with van der Waals surface area (Å²) >= 11 is 5.87. The molecule has 0 amide bonds. The fraction of sp³-hybridized carbons (Fsp3) is 0.318. The van der Waals surface area contributed by atoms with Crippen LogP contribution in [0.15, 0.2) is 56.6 Å². The molecule has 6 nitrogen and oxygen atoms in total. The van der Waals surface area contributed by atoms with Crippen LogP contribution >= 0.6 is 11.6 Å². The first-order valence-electron chi connectivity index (χ1n) is 9.76. The zero-order chi connectivity index (χ0) is 21.5.